The second kappa shape index (κ2) is 9.45. The second-order valence-corrected chi connectivity index (χ2v) is 6.54. The van der Waals surface area contributed by atoms with E-state index in [4.69, 9.17) is 5.73 Å². The number of nitrogen functional groups attached to an aromatic ring is 1. The molecule has 1 atom stereocenters. The number of alkyl halides is 5. The Morgan fingerprint density at radius 2 is 2.03 bits per heavy atom. The Hall–Kier alpha value is -2.96. The maximum Gasteiger partial charge on any atom is 0.419 e. The van der Waals surface area contributed by atoms with Crippen LogP contribution in [-0.2, 0) is 0 Å². The summed E-state index contributed by atoms with van der Waals surface area (Å²) in [6.45, 7) is 1.54. The zero-order valence-corrected chi connectivity index (χ0v) is 15.9. The van der Waals surface area contributed by atoms with E-state index in [-0.39, 0.29) is 6.54 Å². The third kappa shape index (κ3) is 5.60. The van der Waals surface area contributed by atoms with Gasteiger partial charge in [-0.3, -0.25) is 20.1 Å². The number of likely N-dealkylation sites (tertiary alicyclic amines) is 1. The molecule has 0 saturated carbocycles. The molecule has 1 amide bonds. The number of carbonyl (C=O) groups excluding carboxylic acids is 1. The first-order valence-corrected chi connectivity index (χ1v) is 8.76. The lowest BCUT2D eigenvalue weighted by Crippen LogP contribution is -2.48. The Morgan fingerprint density at radius 1 is 1.35 bits per heavy atom. The highest BCUT2D eigenvalue weighted by molar-refractivity contribution is 5.99. The van der Waals surface area contributed by atoms with Gasteiger partial charge in [-0.05, 0) is 18.9 Å². The average Bonchev–Trinajstić information content (AvgIpc) is 2.98. The van der Waals surface area contributed by atoms with Gasteiger partial charge in [0.15, 0.2) is 11.6 Å². The van der Waals surface area contributed by atoms with E-state index < -0.39 is 72.1 Å². The van der Waals surface area contributed by atoms with E-state index in [0.29, 0.717) is 18.5 Å². The Kier molecular flexibility index (Phi) is 7.41. The lowest BCUT2D eigenvalue weighted by Gasteiger charge is -2.28. The van der Waals surface area contributed by atoms with Crippen LogP contribution in [0.3, 0.4) is 0 Å². The summed E-state index contributed by atoms with van der Waals surface area (Å²) in [6, 6.07) is -0.158. The molecule has 3 N–H and O–H groups in total. The maximum atomic E-state index is 14.3. The zero-order chi connectivity index (χ0) is 23.4. The molecule has 1 aromatic rings. The second-order valence-electron chi connectivity index (χ2n) is 6.54. The number of nitrogens with zero attached hydrogens (tertiary/aromatic N) is 3. The van der Waals surface area contributed by atoms with Crippen LogP contribution < -0.4 is 11.1 Å². The van der Waals surface area contributed by atoms with Gasteiger partial charge in [-0.15, -0.1) is 0 Å². The summed E-state index contributed by atoms with van der Waals surface area (Å²) in [5.74, 6) is -7.12. The molecule has 2 rings (SSSR count). The topological polar surface area (TPSA) is 83.1 Å². The van der Waals surface area contributed by atoms with E-state index >= 15 is 0 Å². The lowest BCUT2D eigenvalue weighted by molar-refractivity contribution is -0.0857. The molecule has 0 bridgehead atoms. The molecular weight excluding hydrogens is 435 g/mol. The predicted octanol–water partition coefficient (Wildman–Crippen LogP) is 3.16. The van der Waals surface area contributed by atoms with Gasteiger partial charge in [0.25, 0.3) is 11.8 Å². The number of amides is 1. The van der Waals surface area contributed by atoms with Crippen LogP contribution >= 0.6 is 0 Å². The molecule has 0 aliphatic carbocycles. The van der Waals surface area contributed by atoms with Gasteiger partial charge in [0.1, 0.15) is 6.04 Å². The van der Waals surface area contributed by atoms with Gasteiger partial charge in [-0.25, -0.2) is 17.6 Å². The molecule has 1 heterocycles. The number of rotatable bonds is 7. The Morgan fingerprint density at radius 3 is 2.65 bits per heavy atom. The van der Waals surface area contributed by atoms with Gasteiger partial charge < -0.3 is 10.6 Å². The third-order valence-electron chi connectivity index (χ3n) is 4.50. The van der Waals surface area contributed by atoms with E-state index in [1.54, 1.807) is 0 Å². The summed E-state index contributed by atoms with van der Waals surface area (Å²) in [6.07, 6.45) is -4.51. The minimum atomic E-state index is -4.73. The van der Waals surface area contributed by atoms with Gasteiger partial charge >= 0.3 is 6.18 Å². The zero-order valence-electron chi connectivity index (χ0n) is 15.9. The van der Waals surface area contributed by atoms with Crippen molar-refractivity contribution in [3.05, 3.63) is 41.1 Å². The van der Waals surface area contributed by atoms with Crippen molar-refractivity contribution >= 4 is 24.5 Å². The quantitative estimate of drug-likeness (QED) is 0.288. The molecule has 31 heavy (non-hydrogen) atoms. The van der Waals surface area contributed by atoms with Crippen LogP contribution in [0.15, 0.2) is 33.9 Å². The molecule has 1 unspecified atom stereocenters. The molecule has 0 aromatic heterocycles. The first-order valence-electron chi connectivity index (χ1n) is 8.76. The molecule has 1 aliphatic heterocycles. The summed E-state index contributed by atoms with van der Waals surface area (Å²) in [5, 5.41) is 2.43. The number of aliphatic imine (C=N–C) groups is 2. The average molecular weight is 453 g/mol. The van der Waals surface area contributed by atoms with Crippen molar-refractivity contribution in [2.45, 2.75) is 24.6 Å². The van der Waals surface area contributed by atoms with Gasteiger partial charge in [0, 0.05) is 31.9 Å². The van der Waals surface area contributed by atoms with Crippen molar-refractivity contribution in [3.63, 3.8) is 0 Å². The van der Waals surface area contributed by atoms with Crippen LogP contribution in [0.2, 0.25) is 0 Å². The third-order valence-corrected chi connectivity index (χ3v) is 4.50. The Labute approximate surface area is 172 Å². The number of hydrogen-bond donors (Lipinski definition) is 2. The van der Waals surface area contributed by atoms with Crippen LogP contribution in [0.4, 0.5) is 36.4 Å². The van der Waals surface area contributed by atoms with Crippen LogP contribution in [-0.4, -0.2) is 61.6 Å². The van der Waals surface area contributed by atoms with E-state index in [2.05, 4.69) is 22.0 Å². The molecule has 1 aliphatic rings. The van der Waals surface area contributed by atoms with Crippen molar-refractivity contribution in [1.29, 1.82) is 0 Å². The minimum Gasteiger partial charge on any atom is -0.396 e. The van der Waals surface area contributed by atoms with Crippen LogP contribution in [0, 0.1) is 11.6 Å². The smallest absolute Gasteiger partial charge is 0.396 e. The summed E-state index contributed by atoms with van der Waals surface area (Å²) in [5.41, 5.74) is 2.92. The normalized spacial score (nSPS) is 19.3. The van der Waals surface area contributed by atoms with E-state index in [0.717, 1.165) is 11.0 Å². The number of benzene rings is 1. The van der Waals surface area contributed by atoms with Crippen molar-refractivity contribution in [3.8, 4) is 0 Å². The number of anilines is 1. The van der Waals surface area contributed by atoms with Crippen LogP contribution in [0.5, 0.6) is 0 Å². The van der Waals surface area contributed by atoms with Crippen molar-refractivity contribution < 1.29 is 35.5 Å². The number of nitrogens with one attached hydrogen (secondary N) is 1. The van der Waals surface area contributed by atoms with E-state index in [1.165, 1.54) is 0 Å². The van der Waals surface area contributed by atoms with Crippen molar-refractivity contribution in [1.82, 2.24) is 10.2 Å². The number of hydrogen-bond acceptors (Lipinski definition) is 5. The molecule has 0 spiro atoms. The van der Waals surface area contributed by atoms with E-state index in [1.807, 2.05) is 0 Å². The highest BCUT2D eigenvalue weighted by Crippen LogP contribution is 2.35. The van der Waals surface area contributed by atoms with Gasteiger partial charge in [0.05, 0.1) is 23.5 Å². The van der Waals surface area contributed by atoms with Gasteiger partial charge in [0.2, 0.25) is 0 Å². The van der Waals surface area contributed by atoms with Crippen molar-refractivity contribution in [2.75, 3.05) is 25.5 Å². The number of allylic oxidation sites excluding steroid dienone is 1. The highest BCUT2D eigenvalue weighted by Gasteiger charge is 2.50. The molecule has 1 aromatic carbocycles. The van der Waals surface area contributed by atoms with Crippen molar-refractivity contribution in [2.24, 2.45) is 9.98 Å². The molecule has 170 valence electrons. The Bertz CT molecular complexity index is 898. The van der Waals surface area contributed by atoms with E-state index in [9.17, 15) is 35.5 Å². The summed E-state index contributed by atoms with van der Waals surface area (Å²) in [7, 11) is 0. The fraction of sp³-hybridized carbons (Fsp3) is 0.389. The SMILES string of the molecule is C=N/C=C(\C=N/CNCC1N(C(=O)c2ccc(F)c(F)c2N)CCC1(F)F)C(F)(F)F. The summed E-state index contributed by atoms with van der Waals surface area (Å²) in [4.78, 5) is 19.8. The van der Waals surface area contributed by atoms with Crippen LogP contribution in [0.1, 0.15) is 16.8 Å². The first kappa shape index (κ1) is 24.3. The molecule has 6 nitrogen and oxygen atoms in total. The summed E-state index contributed by atoms with van der Waals surface area (Å²) < 4.78 is 93.4. The monoisotopic (exact) mass is 453 g/mol. The Balaban J connectivity index is 2.09. The molecular formula is C18H18F7N5O. The first-order chi connectivity index (χ1) is 14.4. The molecule has 1 fully saturated rings. The van der Waals surface area contributed by atoms with Gasteiger partial charge in [-0.1, -0.05) is 0 Å². The highest BCUT2D eigenvalue weighted by atomic mass is 19.4. The fourth-order valence-corrected chi connectivity index (χ4v) is 2.92. The molecule has 13 heteroatoms. The molecule has 1 saturated heterocycles. The number of halogens is 7. The standard InChI is InChI=1S/C18H18F7N5O/c1-27-6-10(18(23,24)25)7-28-9-29-8-13-17(21,22)4-5-30(13)16(31)11-2-3-12(19)14(20)15(11)26/h2-3,6-7,13,29H,1,4-5,8-9,26H2/b10-6+,28-7-. The lowest BCUT2D eigenvalue weighted by atomic mass is 10.1. The van der Waals surface area contributed by atoms with Crippen LogP contribution in [0.25, 0.3) is 0 Å². The maximum absolute atomic E-state index is 14.3. The predicted molar refractivity (Wildman–Crippen MR) is 100 cm³/mol. The number of carbonyl (C=O) groups is 1. The fourth-order valence-electron chi connectivity index (χ4n) is 2.92. The van der Waals surface area contributed by atoms with Gasteiger partial charge in [-0.2, -0.15) is 13.2 Å². The molecule has 0 radical (unpaired) electrons. The number of nitrogens with two attached hydrogens (primary N) is 1. The summed E-state index contributed by atoms with van der Waals surface area (Å²) >= 11 is 0. The minimum absolute atomic E-state index is 0.383. The largest absolute Gasteiger partial charge is 0.419 e.